The molecule has 27 heavy (non-hydrogen) atoms. The van der Waals surface area contributed by atoms with Crippen LogP contribution >= 0.6 is 0 Å². The van der Waals surface area contributed by atoms with Gasteiger partial charge in [-0.1, -0.05) is 32.0 Å². The van der Waals surface area contributed by atoms with Crippen LogP contribution in [0, 0.1) is 11.8 Å². The fraction of sp³-hybridized carbons (Fsp3) is 0.550. The lowest BCUT2D eigenvalue weighted by Gasteiger charge is -2.34. The van der Waals surface area contributed by atoms with E-state index < -0.39 is 12.1 Å². The number of anilines is 1. The van der Waals surface area contributed by atoms with E-state index in [9.17, 15) is 14.4 Å². The Labute approximate surface area is 160 Å². The molecule has 1 saturated heterocycles. The number of benzene rings is 1. The minimum absolute atomic E-state index is 0.0195. The lowest BCUT2D eigenvalue weighted by molar-refractivity contribution is -0.126. The Morgan fingerprint density at radius 2 is 1.70 bits per heavy atom. The Morgan fingerprint density at radius 1 is 1.07 bits per heavy atom. The van der Waals surface area contributed by atoms with Crippen LogP contribution in [0.2, 0.25) is 0 Å². The predicted octanol–water partition coefficient (Wildman–Crippen LogP) is 2.21. The maximum Gasteiger partial charge on any atom is 0.321 e. The van der Waals surface area contributed by atoms with E-state index in [0.717, 1.165) is 5.69 Å². The maximum absolute atomic E-state index is 12.4. The molecule has 148 valence electrons. The summed E-state index contributed by atoms with van der Waals surface area (Å²) in [6, 6.07) is 8.54. The molecule has 0 aromatic heterocycles. The zero-order valence-corrected chi connectivity index (χ0v) is 16.3. The third-order valence-electron chi connectivity index (χ3n) is 4.78. The lowest BCUT2D eigenvalue weighted by atomic mass is 9.94. The standard InChI is InChI=1S/C20H30N4O3/c1-14(2)13-21-20(27)23-18(25)15(3)24-11-9-16(10-12-24)19(26)22-17-7-5-4-6-8-17/h4-8,14-16H,9-13H2,1-3H3,(H,22,26)(H2,21,23,25,27). The van der Waals surface area contributed by atoms with Gasteiger partial charge in [-0.25, -0.2) is 4.79 Å². The molecule has 1 unspecified atom stereocenters. The van der Waals surface area contributed by atoms with E-state index in [1.165, 1.54) is 0 Å². The van der Waals surface area contributed by atoms with E-state index in [2.05, 4.69) is 16.0 Å². The van der Waals surface area contributed by atoms with Gasteiger partial charge in [-0.05, 0) is 50.9 Å². The van der Waals surface area contributed by atoms with Crippen molar-refractivity contribution in [3.8, 4) is 0 Å². The molecule has 4 amide bonds. The summed E-state index contributed by atoms with van der Waals surface area (Å²) in [5.41, 5.74) is 0.796. The van der Waals surface area contributed by atoms with Crippen LogP contribution in [0.25, 0.3) is 0 Å². The first kappa shape index (κ1) is 20.9. The Morgan fingerprint density at radius 3 is 2.30 bits per heavy atom. The number of likely N-dealkylation sites (tertiary alicyclic amines) is 1. The zero-order chi connectivity index (χ0) is 19.8. The molecule has 1 aromatic carbocycles. The fourth-order valence-corrected chi connectivity index (χ4v) is 3.04. The number of urea groups is 1. The van der Waals surface area contributed by atoms with Crippen molar-refractivity contribution in [2.75, 3.05) is 25.0 Å². The molecule has 3 N–H and O–H groups in total. The van der Waals surface area contributed by atoms with E-state index in [-0.39, 0.29) is 17.7 Å². The molecule has 2 rings (SSSR count). The number of carbonyl (C=O) groups is 3. The van der Waals surface area contributed by atoms with Gasteiger partial charge in [0.2, 0.25) is 11.8 Å². The van der Waals surface area contributed by atoms with Crippen LogP contribution in [0.1, 0.15) is 33.6 Å². The molecule has 0 aliphatic carbocycles. The molecular weight excluding hydrogens is 344 g/mol. The monoisotopic (exact) mass is 374 g/mol. The molecule has 1 fully saturated rings. The van der Waals surface area contributed by atoms with E-state index >= 15 is 0 Å². The van der Waals surface area contributed by atoms with E-state index in [1.807, 2.05) is 49.1 Å². The van der Waals surface area contributed by atoms with E-state index in [4.69, 9.17) is 0 Å². The molecular formula is C20H30N4O3. The topological polar surface area (TPSA) is 90.5 Å². The van der Waals surface area contributed by atoms with Gasteiger partial charge in [-0.15, -0.1) is 0 Å². The summed E-state index contributed by atoms with van der Waals surface area (Å²) in [6.07, 6.45) is 1.38. The van der Waals surface area contributed by atoms with Crippen molar-refractivity contribution in [1.29, 1.82) is 0 Å². The van der Waals surface area contributed by atoms with Crippen molar-refractivity contribution in [3.05, 3.63) is 30.3 Å². The predicted molar refractivity (Wildman–Crippen MR) is 105 cm³/mol. The van der Waals surface area contributed by atoms with Gasteiger partial charge in [-0.2, -0.15) is 0 Å². The summed E-state index contributed by atoms with van der Waals surface area (Å²) in [6.45, 7) is 7.58. The molecule has 7 nitrogen and oxygen atoms in total. The van der Waals surface area contributed by atoms with Gasteiger partial charge < -0.3 is 10.6 Å². The molecule has 1 aromatic rings. The average Bonchev–Trinajstić information content (AvgIpc) is 2.66. The van der Waals surface area contributed by atoms with Crippen molar-refractivity contribution in [1.82, 2.24) is 15.5 Å². The molecule has 1 heterocycles. The fourth-order valence-electron chi connectivity index (χ4n) is 3.04. The Kier molecular flexibility index (Phi) is 7.79. The summed E-state index contributed by atoms with van der Waals surface area (Å²) < 4.78 is 0. The van der Waals surface area contributed by atoms with Crippen LogP contribution in [0.15, 0.2) is 30.3 Å². The Balaban J connectivity index is 1.76. The normalized spacial score (nSPS) is 16.6. The van der Waals surface area contributed by atoms with Crippen molar-refractivity contribution < 1.29 is 14.4 Å². The first-order chi connectivity index (χ1) is 12.9. The first-order valence-corrected chi connectivity index (χ1v) is 9.55. The van der Waals surface area contributed by atoms with Gasteiger partial charge in [0, 0.05) is 18.2 Å². The second-order valence-electron chi connectivity index (χ2n) is 7.43. The quantitative estimate of drug-likeness (QED) is 0.712. The number of amides is 4. The number of hydrogen-bond acceptors (Lipinski definition) is 4. The van der Waals surface area contributed by atoms with Gasteiger partial charge >= 0.3 is 6.03 Å². The van der Waals surface area contributed by atoms with Crippen LogP contribution in [0.3, 0.4) is 0 Å². The van der Waals surface area contributed by atoms with Crippen molar-refractivity contribution >= 4 is 23.5 Å². The highest BCUT2D eigenvalue weighted by Crippen LogP contribution is 2.21. The highest BCUT2D eigenvalue weighted by atomic mass is 16.2. The first-order valence-electron chi connectivity index (χ1n) is 9.55. The number of rotatable bonds is 6. The van der Waals surface area contributed by atoms with Gasteiger partial charge in [0.05, 0.1) is 6.04 Å². The van der Waals surface area contributed by atoms with E-state index in [0.29, 0.717) is 38.4 Å². The molecule has 1 atom stereocenters. The van der Waals surface area contributed by atoms with Gasteiger partial charge in [0.25, 0.3) is 0 Å². The highest BCUT2D eigenvalue weighted by Gasteiger charge is 2.30. The van der Waals surface area contributed by atoms with Crippen LogP contribution in [0.4, 0.5) is 10.5 Å². The Hall–Kier alpha value is -2.41. The Bertz CT molecular complexity index is 640. The number of carbonyl (C=O) groups excluding carboxylic acids is 3. The van der Waals surface area contributed by atoms with Gasteiger partial charge in [0.15, 0.2) is 0 Å². The summed E-state index contributed by atoms with van der Waals surface area (Å²) >= 11 is 0. The third kappa shape index (κ3) is 6.67. The number of para-hydroxylation sites is 1. The maximum atomic E-state index is 12.4. The minimum atomic E-state index is -0.460. The largest absolute Gasteiger partial charge is 0.338 e. The number of nitrogens with one attached hydrogen (secondary N) is 3. The van der Waals surface area contributed by atoms with Crippen molar-refractivity contribution in [3.63, 3.8) is 0 Å². The highest BCUT2D eigenvalue weighted by molar-refractivity contribution is 5.97. The lowest BCUT2D eigenvalue weighted by Crippen LogP contribution is -2.52. The van der Waals surface area contributed by atoms with Crippen LogP contribution in [0.5, 0.6) is 0 Å². The number of imide groups is 1. The second-order valence-corrected chi connectivity index (χ2v) is 7.43. The molecule has 0 saturated carbocycles. The van der Waals surface area contributed by atoms with Gasteiger partial charge in [-0.3, -0.25) is 19.8 Å². The van der Waals surface area contributed by atoms with Crippen molar-refractivity contribution in [2.45, 2.75) is 39.7 Å². The number of hydrogen-bond donors (Lipinski definition) is 3. The average molecular weight is 374 g/mol. The summed E-state index contributed by atoms with van der Waals surface area (Å²) in [4.78, 5) is 38.4. The zero-order valence-electron chi connectivity index (χ0n) is 16.3. The second kappa shape index (κ2) is 10.1. The smallest absolute Gasteiger partial charge is 0.321 e. The van der Waals surface area contributed by atoms with Crippen LogP contribution < -0.4 is 16.0 Å². The third-order valence-corrected chi connectivity index (χ3v) is 4.78. The minimum Gasteiger partial charge on any atom is -0.338 e. The molecule has 0 radical (unpaired) electrons. The van der Waals surface area contributed by atoms with Crippen LogP contribution in [-0.2, 0) is 9.59 Å². The molecule has 0 spiro atoms. The molecule has 0 bridgehead atoms. The number of nitrogens with zero attached hydrogens (tertiary/aromatic N) is 1. The number of piperidine rings is 1. The SMILES string of the molecule is CC(C)CNC(=O)NC(=O)C(C)N1CCC(C(=O)Nc2ccccc2)CC1. The molecule has 1 aliphatic rings. The van der Waals surface area contributed by atoms with Crippen molar-refractivity contribution in [2.24, 2.45) is 11.8 Å². The van der Waals surface area contributed by atoms with Gasteiger partial charge in [0.1, 0.15) is 0 Å². The summed E-state index contributed by atoms with van der Waals surface area (Å²) in [7, 11) is 0. The van der Waals surface area contributed by atoms with E-state index in [1.54, 1.807) is 6.92 Å². The molecule has 7 heteroatoms. The molecule has 1 aliphatic heterocycles. The van der Waals surface area contributed by atoms with Crippen LogP contribution in [-0.4, -0.2) is 48.4 Å². The summed E-state index contributed by atoms with van der Waals surface area (Å²) in [5.74, 6) is -0.0372. The summed E-state index contributed by atoms with van der Waals surface area (Å²) in [5, 5.41) is 8.00.